The maximum atomic E-state index is 13.4. The SMILES string of the molecule is Nc1cnn(Cc2nc3c(F)cc(F)cc3[nH]2)c1. The molecule has 0 atom stereocenters. The van der Waals surface area contributed by atoms with Gasteiger partial charge in [0.1, 0.15) is 17.2 Å². The molecule has 0 fully saturated rings. The van der Waals surface area contributed by atoms with Gasteiger partial charge in [-0.3, -0.25) is 4.68 Å². The van der Waals surface area contributed by atoms with Crippen molar-refractivity contribution in [2.24, 2.45) is 0 Å². The van der Waals surface area contributed by atoms with Crippen LogP contribution in [-0.2, 0) is 6.54 Å². The molecule has 0 aliphatic heterocycles. The fourth-order valence-corrected chi connectivity index (χ4v) is 1.79. The number of nitrogens with zero attached hydrogens (tertiary/aromatic N) is 3. The number of halogens is 2. The lowest BCUT2D eigenvalue weighted by Gasteiger charge is -1.95. The van der Waals surface area contributed by atoms with Gasteiger partial charge in [0.25, 0.3) is 0 Å². The summed E-state index contributed by atoms with van der Waals surface area (Å²) in [5.41, 5.74) is 6.50. The molecule has 2 heterocycles. The van der Waals surface area contributed by atoms with Crippen LogP contribution in [0.3, 0.4) is 0 Å². The number of H-pyrrole nitrogens is 1. The standard InChI is InChI=1S/C11H9F2N5/c12-6-1-8(13)11-9(2-6)16-10(17-11)5-18-4-7(14)3-15-18/h1-4H,5,14H2,(H,16,17). The highest BCUT2D eigenvalue weighted by Gasteiger charge is 2.10. The first-order valence-electron chi connectivity index (χ1n) is 5.23. The van der Waals surface area contributed by atoms with Crippen LogP contribution in [0.25, 0.3) is 11.0 Å². The zero-order chi connectivity index (χ0) is 12.7. The molecule has 0 aliphatic rings. The average Bonchev–Trinajstić information content (AvgIpc) is 2.85. The summed E-state index contributed by atoms with van der Waals surface area (Å²) in [5, 5.41) is 3.99. The first-order chi connectivity index (χ1) is 8.61. The van der Waals surface area contributed by atoms with Crippen LogP contribution >= 0.6 is 0 Å². The number of aromatic nitrogens is 4. The number of hydrogen-bond donors (Lipinski definition) is 2. The Morgan fingerprint density at radius 1 is 1.33 bits per heavy atom. The molecule has 7 heteroatoms. The summed E-state index contributed by atoms with van der Waals surface area (Å²) in [7, 11) is 0. The molecule has 3 aromatic rings. The summed E-state index contributed by atoms with van der Waals surface area (Å²) < 4.78 is 28.0. The van der Waals surface area contributed by atoms with Gasteiger partial charge in [-0.15, -0.1) is 0 Å². The maximum absolute atomic E-state index is 13.4. The molecule has 0 saturated heterocycles. The van der Waals surface area contributed by atoms with Crippen LogP contribution in [0.1, 0.15) is 5.82 Å². The minimum Gasteiger partial charge on any atom is -0.396 e. The van der Waals surface area contributed by atoms with E-state index >= 15 is 0 Å². The lowest BCUT2D eigenvalue weighted by atomic mass is 10.3. The third-order valence-electron chi connectivity index (χ3n) is 2.52. The Balaban J connectivity index is 2.01. The highest BCUT2D eigenvalue weighted by molar-refractivity contribution is 5.75. The Hall–Kier alpha value is -2.44. The second kappa shape index (κ2) is 3.80. The van der Waals surface area contributed by atoms with Gasteiger partial charge in [0, 0.05) is 12.3 Å². The van der Waals surface area contributed by atoms with Crippen molar-refractivity contribution in [2.45, 2.75) is 6.54 Å². The topological polar surface area (TPSA) is 72.5 Å². The first-order valence-corrected chi connectivity index (χ1v) is 5.23. The van der Waals surface area contributed by atoms with Crippen molar-refractivity contribution in [1.82, 2.24) is 19.7 Å². The van der Waals surface area contributed by atoms with E-state index in [-0.39, 0.29) is 5.52 Å². The monoisotopic (exact) mass is 249 g/mol. The quantitative estimate of drug-likeness (QED) is 0.725. The van der Waals surface area contributed by atoms with Crippen LogP contribution in [0.15, 0.2) is 24.5 Å². The van der Waals surface area contributed by atoms with Crippen molar-refractivity contribution in [3.8, 4) is 0 Å². The molecule has 2 aromatic heterocycles. The molecule has 3 N–H and O–H groups in total. The predicted molar refractivity (Wildman–Crippen MR) is 61.8 cm³/mol. The number of fused-ring (bicyclic) bond motifs is 1. The maximum Gasteiger partial charge on any atom is 0.153 e. The molecule has 1 aromatic carbocycles. The van der Waals surface area contributed by atoms with E-state index in [1.807, 2.05) is 0 Å². The molecule has 0 radical (unpaired) electrons. The summed E-state index contributed by atoms with van der Waals surface area (Å²) in [4.78, 5) is 6.90. The molecule has 92 valence electrons. The third-order valence-corrected chi connectivity index (χ3v) is 2.52. The van der Waals surface area contributed by atoms with E-state index in [1.54, 1.807) is 10.9 Å². The predicted octanol–water partition coefficient (Wildman–Crippen LogP) is 1.67. The number of anilines is 1. The number of nitrogens with one attached hydrogen (secondary N) is 1. The van der Waals surface area contributed by atoms with Gasteiger partial charge >= 0.3 is 0 Å². The highest BCUT2D eigenvalue weighted by Crippen LogP contribution is 2.17. The smallest absolute Gasteiger partial charge is 0.153 e. The molecule has 0 spiro atoms. The minimum atomic E-state index is -0.688. The van der Waals surface area contributed by atoms with Crippen molar-refractivity contribution in [1.29, 1.82) is 0 Å². The van der Waals surface area contributed by atoms with Crippen molar-refractivity contribution in [2.75, 3.05) is 5.73 Å². The van der Waals surface area contributed by atoms with E-state index in [1.165, 1.54) is 12.3 Å². The van der Waals surface area contributed by atoms with E-state index in [2.05, 4.69) is 15.1 Å². The molecular weight excluding hydrogens is 240 g/mol. The second-order valence-corrected chi connectivity index (χ2v) is 3.94. The molecule has 18 heavy (non-hydrogen) atoms. The van der Waals surface area contributed by atoms with Crippen molar-refractivity contribution >= 4 is 16.7 Å². The second-order valence-electron chi connectivity index (χ2n) is 3.94. The van der Waals surface area contributed by atoms with Gasteiger partial charge in [0.15, 0.2) is 5.82 Å². The summed E-state index contributed by atoms with van der Waals surface area (Å²) in [6.45, 7) is 0.312. The summed E-state index contributed by atoms with van der Waals surface area (Å²) in [6, 6.07) is 2.01. The largest absolute Gasteiger partial charge is 0.396 e. The van der Waals surface area contributed by atoms with Crippen molar-refractivity contribution in [3.05, 3.63) is 42.0 Å². The van der Waals surface area contributed by atoms with Gasteiger partial charge in [0.05, 0.1) is 23.9 Å². The number of imidazole rings is 1. The van der Waals surface area contributed by atoms with E-state index in [0.717, 1.165) is 6.07 Å². The number of benzene rings is 1. The first kappa shape index (κ1) is 10.7. The van der Waals surface area contributed by atoms with Crippen LogP contribution in [0.2, 0.25) is 0 Å². The van der Waals surface area contributed by atoms with Gasteiger partial charge in [-0.2, -0.15) is 5.10 Å². The lowest BCUT2D eigenvalue weighted by Crippen LogP contribution is -2.01. The van der Waals surface area contributed by atoms with E-state index in [4.69, 9.17) is 5.73 Å². The Morgan fingerprint density at radius 3 is 2.89 bits per heavy atom. The summed E-state index contributed by atoms with van der Waals surface area (Å²) in [5.74, 6) is -0.844. The Labute approximate surface area is 100 Å². The Kier molecular flexibility index (Phi) is 2.26. The van der Waals surface area contributed by atoms with Gasteiger partial charge in [-0.1, -0.05) is 0 Å². The summed E-state index contributed by atoms with van der Waals surface area (Å²) >= 11 is 0. The molecule has 5 nitrogen and oxygen atoms in total. The summed E-state index contributed by atoms with van der Waals surface area (Å²) in [6.07, 6.45) is 3.13. The molecule has 0 aliphatic carbocycles. The van der Waals surface area contributed by atoms with Gasteiger partial charge in [0.2, 0.25) is 0 Å². The fourth-order valence-electron chi connectivity index (χ4n) is 1.79. The molecule has 0 bridgehead atoms. The van der Waals surface area contributed by atoms with Gasteiger partial charge in [-0.05, 0) is 6.07 Å². The van der Waals surface area contributed by atoms with Crippen molar-refractivity contribution < 1.29 is 8.78 Å². The minimum absolute atomic E-state index is 0.117. The fraction of sp³-hybridized carbons (Fsp3) is 0.0909. The number of aromatic amines is 1. The lowest BCUT2D eigenvalue weighted by molar-refractivity contribution is 0.590. The third kappa shape index (κ3) is 1.79. The number of nitrogens with two attached hydrogens (primary N) is 1. The van der Waals surface area contributed by atoms with E-state index in [9.17, 15) is 8.78 Å². The average molecular weight is 249 g/mol. The molecular formula is C11H9F2N5. The van der Waals surface area contributed by atoms with Crippen LogP contribution in [0, 0.1) is 11.6 Å². The van der Waals surface area contributed by atoms with Crippen LogP contribution in [0.5, 0.6) is 0 Å². The zero-order valence-electron chi connectivity index (χ0n) is 9.19. The Bertz CT molecular complexity index is 715. The van der Waals surface area contributed by atoms with Crippen LogP contribution < -0.4 is 5.73 Å². The van der Waals surface area contributed by atoms with Crippen LogP contribution in [-0.4, -0.2) is 19.7 Å². The van der Waals surface area contributed by atoms with Crippen molar-refractivity contribution in [3.63, 3.8) is 0 Å². The van der Waals surface area contributed by atoms with Crippen LogP contribution in [0.4, 0.5) is 14.5 Å². The zero-order valence-corrected chi connectivity index (χ0v) is 9.19. The van der Waals surface area contributed by atoms with E-state index < -0.39 is 11.6 Å². The molecule has 0 amide bonds. The normalized spacial score (nSPS) is 11.2. The number of hydrogen-bond acceptors (Lipinski definition) is 3. The van der Waals surface area contributed by atoms with Gasteiger partial charge in [-0.25, -0.2) is 13.8 Å². The van der Waals surface area contributed by atoms with Gasteiger partial charge < -0.3 is 10.7 Å². The Morgan fingerprint density at radius 2 is 2.17 bits per heavy atom. The number of rotatable bonds is 2. The van der Waals surface area contributed by atoms with E-state index in [0.29, 0.717) is 23.6 Å². The molecule has 0 saturated carbocycles. The molecule has 0 unspecified atom stereocenters. The highest BCUT2D eigenvalue weighted by atomic mass is 19.1. The number of nitrogen functional groups attached to an aromatic ring is 1. The molecule has 3 rings (SSSR count).